The van der Waals surface area contributed by atoms with Crippen molar-refractivity contribution in [1.82, 2.24) is 15.0 Å². The second kappa shape index (κ2) is 16.3. The highest BCUT2D eigenvalue weighted by Crippen LogP contribution is 2.38. The van der Waals surface area contributed by atoms with Crippen molar-refractivity contribution in [2.24, 2.45) is 0 Å². The van der Waals surface area contributed by atoms with Crippen LogP contribution in [0.1, 0.15) is 68.2 Å². The van der Waals surface area contributed by atoms with Crippen molar-refractivity contribution in [3.05, 3.63) is 148 Å². The highest BCUT2D eigenvalue weighted by atomic mass is 16.5. The molecule has 0 radical (unpaired) electrons. The molecule has 0 bridgehead atoms. The minimum Gasteiger partial charge on any atom is -0.494 e. The van der Waals surface area contributed by atoms with Gasteiger partial charge in [0, 0.05) is 36.2 Å². The van der Waals surface area contributed by atoms with Crippen molar-refractivity contribution in [2.75, 3.05) is 23.4 Å². The van der Waals surface area contributed by atoms with E-state index in [0.717, 1.165) is 57.5 Å². The van der Waals surface area contributed by atoms with Gasteiger partial charge in [-0.25, -0.2) is 9.78 Å². The van der Waals surface area contributed by atoms with Crippen molar-refractivity contribution < 1.29 is 9.53 Å². The zero-order chi connectivity index (χ0) is 35.7. The third-order valence-electron chi connectivity index (χ3n) is 9.07. The number of ether oxygens (including phenoxy) is 1. The molecule has 0 aliphatic rings. The topological polar surface area (TPSA) is 100 Å². The van der Waals surface area contributed by atoms with Crippen LogP contribution >= 0.6 is 0 Å². The Hall–Kier alpha value is -5.76. The summed E-state index contributed by atoms with van der Waals surface area (Å²) in [4.78, 5) is 40.7. The summed E-state index contributed by atoms with van der Waals surface area (Å²) in [5, 5.41) is 4.03. The first kappa shape index (κ1) is 35.1. The quantitative estimate of drug-likeness (QED) is 0.119. The normalized spacial score (nSPS) is 11.3. The molecule has 0 unspecified atom stereocenters. The Bertz CT molecular complexity index is 2120. The van der Waals surface area contributed by atoms with Crippen LogP contribution in [-0.2, 0) is 12.8 Å². The average Bonchev–Trinajstić information content (AvgIpc) is 3.14. The lowest BCUT2D eigenvalue weighted by molar-refractivity contribution is 0.257. The van der Waals surface area contributed by atoms with Crippen LogP contribution in [0.3, 0.4) is 0 Å². The number of hydrogen-bond acceptors (Lipinski definition) is 5. The number of aromatic amines is 1. The lowest BCUT2D eigenvalue weighted by atomic mass is 9.88. The monoisotopic (exact) mass is 679 g/mol. The van der Waals surface area contributed by atoms with E-state index in [2.05, 4.69) is 72.2 Å². The standard InChI is InChI=1S/C43H45N5O3/c1-29(2)37-26-35(33-14-8-16-36(25-33)51-24-10-13-32-17-21-44-22-18-32)27-38(30(3)4)40(37)46-43(50)48(23-19-31-11-6-5-7-12-31)39-28-34-15-9-20-45-41(34)47-42(39)49/h5-9,11-12,14-18,20-22,25-30H,10,13,19,23-24H2,1-4H3,(H,46,50)(H,45,47,49). The summed E-state index contributed by atoms with van der Waals surface area (Å²) >= 11 is 0. The lowest BCUT2D eigenvalue weighted by Gasteiger charge is -2.27. The Kier molecular flexibility index (Phi) is 11.2. The molecule has 3 heterocycles. The van der Waals surface area contributed by atoms with E-state index in [1.54, 1.807) is 17.2 Å². The molecule has 0 aliphatic carbocycles. The minimum atomic E-state index is -0.368. The molecule has 6 aromatic rings. The number of nitrogens with zero attached hydrogens (tertiary/aromatic N) is 3. The molecule has 6 rings (SSSR count). The largest absolute Gasteiger partial charge is 0.494 e. The minimum absolute atomic E-state index is 0.110. The van der Waals surface area contributed by atoms with Crippen LogP contribution in [0.2, 0.25) is 0 Å². The predicted molar refractivity (Wildman–Crippen MR) is 207 cm³/mol. The highest BCUT2D eigenvalue weighted by molar-refractivity contribution is 6.03. The van der Waals surface area contributed by atoms with Gasteiger partial charge in [-0.2, -0.15) is 0 Å². The predicted octanol–water partition coefficient (Wildman–Crippen LogP) is 9.52. The molecule has 8 heteroatoms. The van der Waals surface area contributed by atoms with E-state index in [0.29, 0.717) is 25.2 Å². The van der Waals surface area contributed by atoms with Crippen molar-refractivity contribution >= 4 is 28.4 Å². The number of carbonyl (C=O) groups excluding carboxylic acids is 1. The Labute approximate surface area is 299 Å². The summed E-state index contributed by atoms with van der Waals surface area (Å²) in [5.41, 5.74) is 7.63. The molecule has 51 heavy (non-hydrogen) atoms. The summed E-state index contributed by atoms with van der Waals surface area (Å²) in [6.45, 7) is 9.46. The van der Waals surface area contributed by atoms with Gasteiger partial charge in [-0.05, 0) is 119 Å². The Morgan fingerprint density at radius 1 is 0.784 bits per heavy atom. The van der Waals surface area contributed by atoms with Gasteiger partial charge < -0.3 is 15.0 Å². The van der Waals surface area contributed by atoms with Crippen molar-refractivity contribution in [2.45, 2.75) is 58.8 Å². The second-order valence-corrected chi connectivity index (χ2v) is 13.4. The smallest absolute Gasteiger partial charge is 0.326 e. The van der Waals surface area contributed by atoms with Gasteiger partial charge in [-0.3, -0.25) is 14.7 Å². The van der Waals surface area contributed by atoms with E-state index in [9.17, 15) is 9.59 Å². The average molecular weight is 680 g/mol. The van der Waals surface area contributed by atoms with Crippen LogP contribution in [0.25, 0.3) is 22.2 Å². The number of aromatic nitrogens is 3. The molecular formula is C43H45N5O3. The van der Waals surface area contributed by atoms with Crippen LogP contribution in [-0.4, -0.2) is 34.1 Å². The Balaban J connectivity index is 1.30. The van der Waals surface area contributed by atoms with Gasteiger partial charge in [0.2, 0.25) is 0 Å². The molecule has 2 amide bonds. The van der Waals surface area contributed by atoms with Gasteiger partial charge >= 0.3 is 6.03 Å². The summed E-state index contributed by atoms with van der Waals surface area (Å²) in [6, 6.07) is 31.6. The van der Waals surface area contributed by atoms with Gasteiger partial charge in [0.05, 0.1) is 6.61 Å². The maximum atomic E-state index is 14.4. The van der Waals surface area contributed by atoms with E-state index >= 15 is 0 Å². The highest BCUT2D eigenvalue weighted by Gasteiger charge is 2.24. The summed E-state index contributed by atoms with van der Waals surface area (Å²) in [7, 11) is 0. The maximum absolute atomic E-state index is 14.4. The lowest BCUT2D eigenvalue weighted by Crippen LogP contribution is -2.40. The van der Waals surface area contributed by atoms with Crippen LogP contribution in [0.15, 0.2) is 120 Å². The molecule has 0 saturated heterocycles. The first-order chi connectivity index (χ1) is 24.8. The van der Waals surface area contributed by atoms with Gasteiger partial charge in [0.25, 0.3) is 5.56 Å². The number of pyridine rings is 3. The maximum Gasteiger partial charge on any atom is 0.326 e. The number of anilines is 2. The molecular weight excluding hydrogens is 635 g/mol. The number of rotatable bonds is 13. The molecule has 0 spiro atoms. The molecule has 0 saturated carbocycles. The van der Waals surface area contributed by atoms with E-state index in [-0.39, 0.29) is 29.1 Å². The zero-order valence-electron chi connectivity index (χ0n) is 29.7. The van der Waals surface area contributed by atoms with E-state index < -0.39 is 0 Å². The van der Waals surface area contributed by atoms with Crippen molar-refractivity contribution in [1.29, 1.82) is 0 Å². The number of carbonyl (C=O) groups is 1. The number of fused-ring (bicyclic) bond motifs is 1. The van der Waals surface area contributed by atoms with Crippen molar-refractivity contribution in [3.8, 4) is 16.9 Å². The van der Waals surface area contributed by atoms with Crippen molar-refractivity contribution in [3.63, 3.8) is 0 Å². The number of amides is 2. The SMILES string of the molecule is CC(C)c1cc(-c2cccc(OCCCc3ccncc3)c2)cc(C(C)C)c1NC(=O)N(CCc1ccccc1)c1cc2cccnc2[nH]c1=O. The van der Waals surface area contributed by atoms with E-state index in [1.165, 1.54) is 5.56 Å². The molecule has 260 valence electrons. The number of nitrogens with one attached hydrogen (secondary N) is 2. The Morgan fingerprint density at radius 3 is 2.24 bits per heavy atom. The molecule has 3 aromatic carbocycles. The summed E-state index contributed by atoms with van der Waals surface area (Å²) in [5.74, 6) is 1.04. The van der Waals surface area contributed by atoms with Gasteiger partial charge in [-0.1, -0.05) is 70.2 Å². The summed E-state index contributed by atoms with van der Waals surface area (Å²) < 4.78 is 6.17. The molecule has 2 N–H and O–H groups in total. The number of benzene rings is 3. The van der Waals surface area contributed by atoms with E-state index in [1.807, 2.05) is 79.1 Å². The first-order valence-electron chi connectivity index (χ1n) is 17.7. The van der Waals surface area contributed by atoms with Gasteiger partial charge in [0.15, 0.2) is 0 Å². The number of H-pyrrole nitrogens is 1. The Morgan fingerprint density at radius 2 is 1.51 bits per heavy atom. The van der Waals surface area contributed by atoms with Crippen LogP contribution in [0.5, 0.6) is 5.75 Å². The van der Waals surface area contributed by atoms with Crippen LogP contribution in [0, 0.1) is 0 Å². The number of aryl methyl sites for hydroxylation is 1. The van der Waals surface area contributed by atoms with E-state index in [4.69, 9.17) is 4.74 Å². The summed E-state index contributed by atoms with van der Waals surface area (Å²) in [6.07, 6.45) is 7.69. The molecule has 8 nitrogen and oxygen atoms in total. The van der Waals surface area contributed by atoms with Gasteiger partial charge in [-0.15, -0.1) is 0 Å². The fourth-order valence-electron chi connectivity index (χ4n) is 6.31. The number of urea groups is 1. The molecule has 0 fully saturated rings. The van der Waals surface area contributed by atoms with Gasteiger partial charge in [0.1, 0.15) is 17.1 Å². The third-order valence-corrected chi connectivity index (χ3v) is 9.07. The second-order valence-electron chi connectivity index (χ2n) is 13.4. The fraction of sp³-hybridized carbons (Fsp3) is 0.256. The molecule has 0 atom stereocenters. The van der Waals surface area contributed by atoms with Crippen LogP contribution < -0.4 is 20.5 Å². The number of hydrogen-bond donors (Lipinski definition) is 2. The first-order valence-corrected chi connectivity index (χ1v) is 17.7. The zero-order valence-corrected chi connectivity index (χ0v) is 29.7. The molecule has 3 aromatic heterocycles. The molecule has 0 aliphatic heterocycles. The van der Waals surface area contributed by atoms with Crippen LogP contribution in [0.4, 0.5) is 16.2 Å². The third kappa shape index (κ3) is 8.70. The fourth-order valence-corrected chi connectivity index (χ4v) is 6.31.